The first kappa shape index (κ1) is 15.6. The van der Waals surface area contributed by atoms with Crippen LogP contribution >= 0.6 is 0 Å². The Morgan fingerprint density at radius 3 is 2.37 bits per heavy atom. The summed E-state index contributed by atoms with van der Waals surface area (Å²) in [6.45, 7) is 0.242. The third-order valence-electron chi connectivity index (χ3n) is 2.30. The molecule has 5 N–H and O–H groups in total. The van der Waals surface area contributed by atoms with E-state index in [1.54, 1.807) is 0 Å². The summed E-state index contributed by atoms with van der Waals surface area (Å²) >= 11 is 0. The van der Waals surface area contributed by atoms with Gasteiger partial charge < -0.3 is 11.1 Å². The van der Waals surface area contributed by atoms with Crippen molar-refractivity contribution in [2.75, 3.05) is 23.3 Å². The molecule has 19 heavy (non-hydrogen) atoms. The van der Waals surface area contributed by atoms with E-state index in [2.05, 4.69) is 5.32 Å². The van der Waals surface area contributed by atoms with E-state index in [4.69, 9.17) is 10.9 Å². The summed E-state index contributed by atoms with van der Waals surface area (Å²) in [7, 11) is -3.53. The largest absolute Gasteiger partial charge is 0.416 e. The van der Waals surface area contributed by atoms with Gasteiger partial charge in [0.25, 0.3) is 0 Å². The van der Waals surface area contributed by atoms with Crippen LogP contribution in [0, 0.1) is 0 Å². The van der Waals surface area contributed by atoms with Crippen molar-refractivity contribution in [3.8, 4) is 0 Å². The number of nitrogens with two attached hydrogens (primary N) is 2. The number of primary sulfonamides is 1. The Kier molecular flexibility index (Phi) is 4.64. The highest BCUT2D eigenvalue weighted by molar-refractivity contribution is 7.89. The van der Waals surface area contributed by atoms with E-state index in [0.717, 1.165) is 12.1 Å². The maximum absolute atomic E-state index is 12.4. The molecule has 5 nitrogen and oxygen atoms in total. The van der Waals surface area contributed by atoms with Crippen LogP contribution in [0.4, 0.5) is 24.5 Å². The number of hydrogen-bond donors (Lipinski definition) is 3. The molecule has 0 aliphatic carbocycles. The van der Waals surface area contributed by atoms with Crippen molar-refractivity contribution >= 4 is 21.4 Å². The van der Waals surface area contributed by atoms with Crippen LogP contribution in [-0.2, 0) is 16.2 Å². The number of halogens is 3. The summed E-state index contributed by atoms with van der Waals surface area (Å²) in [6, 6.07) is 2.93. The van der Waals surface area contributed by atoms with Gasteiger partial charge in [-0.25, -0.2) is 13.6 Å². The molecular weight excluding hydrogens is 283 g/mol. The van der Waals surface area contributed by atoms with E-state index in [-0.39, 0.29) is 24.4 Å². The Hall–Kier alpha value is -1.48. The molecule has 0 aliphatic heterocycles. The molecule has 1 aromatic rings. The lowest BCUT2D eigenvalue weighted by Crippen LogP contribution is -2.19. The summed E-state index contributed by atoms with van der Waals surface area (Å²) in [6.07, 6.45) is -4.21. The normalized spacial score (nSPS) is 12.4. The van der Waals surface area contributed by atoms with E-state index in [1.807, 2.05) is 0 Å². The molecule has 0 fully saturated rings. The summed E-state index contributed by atoms with van der Waals surface area (Å²) in [5, 5.41) is 7.56. The molecule has 0 aromatic heterocycles. The van der Waals surface area contributed by atoms with Gasteiger partial charge >= 0.3 is 6.18 Å². The standard InChI is InChI=1S/C10H14F3N3O2S/c11-10(12,13)7-2-3-9(8(14)6-7)16-4-1-5-19(15,17)18/h2-3,6,16H,1,4-5,14H2,(H2,15,17,18). The Labute approximate surface area is 108 Å². The van der Waals surface area contributed by atoms with E-state index in [9.17, 15) is 21.6 Å². The second kappa shape index (κ2) is 5.66. The molecule has 108 valence electrons. The fourth-order valence-electron chi connectivity index (χ4n) is 1.40. The molecule has 1 rings (SSSR count). The minimum Gasteiger partial charge on any atom is -0.397 e. The molecule has 0 amide bonds. The number of rotatable bonds is 5. The maximum Gasteiger partial charge on any atom is 0.416 e. The number of alkyl halides is 3. The average molecular weight is 297 g/mol. The van der Waals surface area contributed by atoms with Crippen LogP contribution in [0.3, 0.4) is 0 Å². The fourth-order valence-corrected chi connectivity index (χ4v) is 1.94. The first-order valence-electron chi connectivity index (χ1n) is 5.30. The van der Waals surface area contributed by atoms with Crippen LogP contribution in [0.5, 0.6) is 0 Å². The maximum atomic E-state index is 12.4. The summed E-state index contributed by atoms with van der Waals surface area (Å²) in [5.74, 6) is -0.208. The van der Waals surface area contributed by atoms with Gasteiger partial charge in [-0.05, 0) is 24.6 Å². The predicted octanol–water partition coefficient (Wildman–Crippen LogP) is 1.38. The van der Waals surface area contributed by atoms with E-state index >= 15 is 0 Å². The molecule has 9 heteroatoms. The zero-order valence-electron chi connectivity index (χ0n) is 9.87. The van der Waals surface area contributed by atoms with Gasteiger partial charge in [0.2, 0.25) is 10.0 Å². The topological polar surface area (TPSA) is 98.2 Å². The molecule has 0 atom stereocenters. The van der Waals surface area contributed by atoms with Gasteiger partial charge in [0.1, 0.15) is 0 Å². The van der Waals surface area contributed by atoms with Crippen LogP contribution < -0.4 is 16.2 Å². The third kappa shape index (κ3) is 5.35. The number of hydrogen-bond acceptors (Lipinski definition) is 4. The molecule has 0 unspecified atom stereocenters. The number of nitrogen functional groups attached to an aromatic ring is 1. The lowest BCUT2D eigenvalue weighted by molar-refractivity contribution is -0.137. The summed E-state index contributed by atoms with van der Waals surface area (Å²) in [5.41, 5.74) is 4.92. The number of anilines is 2. The average Bonchev–Trinajstić information content (AvgIpc) is 2.23. The monoisotopic (exact) mass is 297 g/mol. The van der Waals surface area contributed by atoms with E-state index in [1.165, 1.54) is 6.07 Å². The molecular formula is C10H14F3N3O2S. The number of nitrogens with one attached hydrogen (secondary N) is 1. The second-order valence-electron chi connectivity index (χ2n) is 3.95. The zero-order valence-corrected chi connectivity index (χ0v) is 10.7. The van der Waals surface area contributed by atoms with E-state index in [0.29, 0.717) is 5.69 Å². The lowest BCUT2D eigenvalue weighted by Gasteiger charge is -2.12. The van der Waals surface area contributed by atoms with E-state index < -0.39 is 21.8 Å². The lowest BCUT2D eigenvalue weighted by atomic mass is 10.1. The van der Waals surface area contributed by atoms with Crippen molar-refractivity contribution in [3.05, 3.63) is 23.8 Å². The molecule has 0 saturated heterocycles. The van der Waals surface area contributed by atoms with Crippen LogP contribution in [-0.4, -0.2) is 20.7 Å². The van der Waals surface area contributed by atoms with Gasteiger partial charge in [-0.1, -0.05) is 0 Å². The minimum atomic E-state index is -4.44. The highest BCUT2D eigenvalue weighted by atomic mass is 32.2. The summed E-state index contributed by atoms with van der Waals surface area (Å²) < 4.78 is 58.5. The molecule has 0 spiro atoms. The van der Waals surface area contributed by atoms with Crippen LogP contribution in [0.15, 0.2) is 18.2 Å². The number of benzene rings is 1. The SMILES string of the molecule is Nc1cc(C(F)(F)F)ccc1NCCCS(N)(=O)=O. The first-order chi connectivity index (χ1) is 8.59. The van der Waals surface area contributed by atoms with Gasteiger partial charge in [0.05, 0.1) is 22.7 Å². The van der Waals surface area contributed by atoms with Crippen molar-refractivity contribution in [2.45, 2.75) is 12.6 Å². The van der Waals surface area contributed by atoms with Crippen molar-refractivity contribution in [3.63, 3.8) is 0 Å². The molecule has 1 aromatic carbocycles. The van der Waals surface area contributed by atoms with Gasteiger partial charge in [-0.3, -0.25) is 0 Å². The quantitative estimate of drug-likeness (QED) is 0.565. The highest BCUT2D eigenvalue weighted by Crippen LogP contribution is 2.32. The number of sulfonamides is 1. The van der Waals surface area contributed by atoms with Crippen molar-refractivity contribution in [1.29, 1.82) is 0 Å². The third-order valence-corrected chi connectivity index (χ3v) is 3.16. The molecule has 0 bridgehead atoms. The molecule has 0 aliphatic rings. The summed E-state index contributed by atoms with van der Waals surface area (Å²) in [4.78, 5) is 0. The van der Waals surface area contributed by atoms with Crippen LogP contribution in [0.1, 0.15) is 12.0 Å². The Balaban J connectivity index is 2.61. The molecule has 0 radical (unpaired) electrons. The predicted molar refractivity (Wildman–Crippen MR) is 66.9 cm³/mol. The van der Waals surface area contributed by atoms with Crippen molar-refractivity contribution in [1.82, 2.24) is 0 Å². The van der Waals surface area contributed by atoms with Gasteiger partial charge in [0.15, 0.2) is 0 Å². The minimum absolute atomic E-state index is 0.0505. The van der Waals surface area contributed by atoms with Crippen molar-refractivity contribution in [2.24, 2.45) is 5.14 Å². The van der Waals surface area contributed by atoms with Gasteiger partial charge in [-0.15, -0.1) is 0 Å². The molecule has 0 heterocycles. The zero-order chi connectivity index (χ0) is 14.7. The Bertz CT molecular complexity index is 543. The van der Waals surface area contributed by atoms with Crippen LogP contribution in [0.25, 0.3) is 0 Å². The van der Waals surface area contributed by atoms with Gasteiger partial charge in [0, 0.05) is 6.54 Å². The first-order valence-corrected chi connectivity index (χ1v) is 7.02. The van der Waals surface area contributed by atoms with Gasteiger partial charge in [-0.2, -0.15) is 13.2 Å². The van der Waals surface area contributed by atoms with Crippen LogP contribution in [0.2, 0.25) is 0 Å². The highest BCUT2D eigenvalue weighted by Gasteiger charge is 2.30. The Morgan fingerprint density at radius 1 is 1.26 bits per heavy atom. The smallest absolute Gasteiger partial charge is 0.397 e. The Morgan fingerprint density at radius 2 is 1.89 bits per heavy atom. The van der Waals surface area contributed by atoms with Crippen molar-refractivity contribution < 1.29 is 21.6 Å². The molecule has 0 saturated carbocycles. The second-order valence-corrected chi connectivity index (χ2v) is 5.68. The fraction of sp³-hybridized carbons (Fsp3) is 0.400.